The Balaban J connectivity index is 1.65. The molecule has 0 spiro atoms. The second-order valence-electron chi connectivity index (χ2n) is 5.65. The first-order chi connectivity index (χ1) is 12.0. The van der Waals surface area contributed by atoms with Gasteiger partial charge in [0.15, 0.2) is 12.6 Å². The molecule has 2 heterocycles. The van der Waals surface area contributed by atoms with Crippen LogP contribution in [0.1, 0.15) is 11.1 Å². The predicted octanol–water partition coefficient (Wildman–Crippen LogP) is 3.56. The van der Waals surface area contributed by atoms with Crippen LogP contribution in [0.3, 0.4) is 0 Å². The fourth-order valence-electron chi connectivity index (χ4n) is 2.73. The Hall–Kier alpha value is -3.03. The minimum Gasteiger partial charge on any atom is -0.372 e. The van der Waals surface area contributed by atoms with Crippen molar-refractivity contribution in [3.63, 3.8) is 0 Å². The molecule has 0 bridgehead atoms. The first-order valence-electron chi connectivity index (χ1n) is 7.56. The van der Waals surface area contributed by atoms with Gasteiger partial charge >= 0.3 is 6.30 Å². The molecule has 0 unspecified atom stereocenters. The smallest absolute Gasteiger partial charge is 0.372 e. The monoisotopic (exact) mass is 346 g/mol. The van der Waals surface area contributed by atoms with Gasteiger partial charge in [-0.1, -0.05) is 35.5 Å². The Morgan fingerprint density at radius 3 is 2.64 bits per heavy atom. The Morgan fingerprint density at radius 1 is 1.08 bits per heavy atom. The molecule has 1 aliphatic rings. The van der Waals surface area contributed by atoms with Crippen LogP contribution in [-0.2, 0) is 11.4 Å². The lowest BCUT2D eigenvalue weighted by molar-refractivity contribution is -0.228. The molecule has 1 aliphatic heterocycles. The van der Waals surface area contributed by atoms with Gasteiger partial charge in [-0.15, -0.1) is 13.2 Å². The molecule has 1 aromatic heterocycles. The number of nitrogens with zero attached hydrogens (tertiary/aromatic N) is 4. The minimum atomic E-state index is -4.54. The molecule has 3 aromatic rings. The van der Waals surface area contributed by atoms with Crippen LogP contribution in [0.4, 0.5) is 13.2 Å². The Bertz CT molecular complexity index is 934. The van der Waals surface area contributed by atoms with Gasteiger partial charge in [0.05, 0.1) is 12.1 Å². The van der Waals surface area contributed by atoms with E-state index in [4.69, 9.17) is 0 Å². The largest absolute Gasteiger partial charge is 0.488 e. The van der Waals surface area contributed by atoms with Gasteiger partial charge in [-0.3, -0.25) is 4.68 Å². The molecule has 2 aromatic carbocycles. The van der Waals surface area contributed by atoms with Gasteiger partial charge in [0.1, 0.15) is 0 Å². The van der Waals surface area contributed by atoms with Gasteiger partial charge in [0.2, 0.25) is 0 Å². The summed E-state index contributed by atoms with van der Waals surface area (Å²) in [6, 6.07) is 14.7. The van der Waals surface area contributed by atoms with Crippen LogP contribution in [0.25, 0.3) is 10.9 Å². The van der Waals surface area contributed by atoms with Gasteiger partial charge in [0, 0.05) is 17.1 Å². The standard InChI is InChI=1S/C17H13F3N4O/c18-17(19,20)24-11-25-22-16(24)13-6-7-15-14(8-13)10-23(21-15)9-12-4-2-1-3-5-12/h1-8,10H,9,11H2. The van der Waals surface area contributed by atoms with E-state index in [0.29, 0.717) is 17.6 Å². The maximum atomic E-state index is 13.0. The highest BCUT2D eigenvalue weighted by molar-refractivity contribution is 6.01. The highest BCUT2D eigenvalue weighted by atomic mass is 19.4. The molecule has 25 heavy (non-hydrogen) atoms. The van der Waals surface area contributed by atoms with E-state index in [2.05, 4.69) is 15.1 Å². The molecule has 0 saturated heterocycles. The van der Waals surface area contributed by atoms with E-state index in [9.17, 15) is 13.2 Å². The molecule has 5 nitrogen and oxygen atoms in total. The number of hydrogen-bond acceptors (Lipinski definition) is 4. The van der Waals surface area contributed by atoms with Crippen molar-refractivity contribution in [2.45, 2.75) is 12.8 Å². The number of oxime groups is 1. The molecule has 8 heteroatoms. The number of fused-ring (bicyclic) bond motifs is 1. The van der Waals surface area contributed by atoms with Gasteiger partial charge < -0.3 is 4.84 Å². The SMILES string of the molecule is FC(F)(F)N1CON=C1c1ccc2nn(Cc3ccccc3)cc2c1. The van der Waals surface area contributed by atoms with Crippen molar-refractivity contribution in [2.24, 2.45) is 5.16 Å². The van der Waals surface area contributed by atoms with Crippen LogP contribution in [0.15, 0.2) is 59.9 Å². The van der Waals surface area contributed by atoms with E-state index >= 15 is 0 Å². The zero-order valence-corrected chi connectivity index (χ0v) is 12.9. The summed E-state index contributed by atoms with van der Waals surface area (Å²) in [6.07, 6.45) is -2.73. The molecule has 0 radical (unpaired) electrons. The predicted molar refractivity (Wildman–Crippen MR) is 85.7 cm³/mol. The van der Waals surface area contributed by atoms with Crippen molar-refractivity contribution >= 4 is 16.7 Å². The second-order valence-corrected chi connectivity index (χ2v) is 5.65. The number of alkyl halides is 3. The average molecular weight is 346 g/mol. The van der Waals surface area contributed by atoms with Gasteiger partial charge in [-0.05, 0) is 23.8 Å². The summed E-state index contributed by atoms with van der Waals surface area (Å²) in [5, 5.41) is 8.72. The van der Waals surface area contributed by atoms with Crippen LogP contribution in [-0.4, -0.2) is 33.5 Å². The van der Waals surface area contributed by atoms with Crippen molar-refractivity contribution in [1.82, 2.24) is 14.7 Å². The van der Waals surface area contributed by atoms with E-state index in [-0.39, 0.29) is 10.7 Å². The van der Waals surface area contributed by atoms with E-state index in [1.165, 1.54) is 0 Å². The number of halogens is 3. The normalized spacial score (nSPS) is 14.7. The molecule has 0 saturated carbocycles. The third-order valence-electron chi connectivity index (χ3n) is 3.90. The van der Waals surface area contributed by atoms with Crippen LogP contribution in [0, 0.1) is 0 Å². The lowest BCUT2D eigenvalue weighted by atomic mass is 10.1. The average Bonchev–Trinajstić information content (AvgIpc) is 3.21. The van der Waals surface area contributed by atoms with Crippen molar-refractivity contribution in [3.05, 3.63) is 65.9 Å². The van der Waals surface area contributed by atoms with Crippen molar-refractivity contribution in [2.75, 3.05) is 6.73 Å². The highest BCUT2D eigenvalue weighted by Gasteiger charge is 2.43. The second kappa shape index (κ2) is 5.80. The highest BCUT2D eigenvalue weighted by Crippen LogP contribution is 2.28. The lowest BCUT2D eigenvalue weighted by Gasteiger charge is -2.20. The fourth-order valence-corrected chi connectivity index (χ4v) is 2.73. The van der Waals surface area contributed by atoms with Gasteiger partial charge in [-0.2, -0.15) is 5.10 Å². The summed E-state index contributed by atoms with van der Waals surface area (Å²) < 4.78 is 40.8. The Labute approximate surface area is 140 Å². The summed E-state index contributed by atoms with van der Waals surface area (Å²) in [7, 11) is 0. The molecule has 0 N–H and O–H groups in total. The van der Waals surface area contributed by atoms with Gasteiger partial charge in [0.25, 0.3) is 0 Å². The molecule has 128 valence electrons. The maximum absolute atomic E-state index is 13.0. The topological polar surface area (TPSA) is 42.6 Å². The number of rotatable bonds is 3. The Morgan fingerprint density at radius 2 is 1.88 bits per heavy atom. The van der Waals surface area contributed by atoms with E-state index in [1.807, 2.05) is 30.3 Å². The van der Waals surface area contributed by atoms with Crippen molar-refractivity contribution in [1.29, 1.82) is 0 Å². The first kappa shape index (κ1) is 15.5. The zero-order chi connectivity index (χ0) is 17.4. The van der Waals surface area contributed by atoms with E-state index < -0.39 is 13.0 Å². The van der Waals surface area contributed by atoms with Crippen LogP contribution < -0.4 is 0 Å². The number of aromatic nitrogens is 2. The minimum absolute atomic E-state index is 0.169. The molecular weight excluding hydrogens is 333 g/mol. The van der Waals surface area contributed by atoms with Crippen molar-refractivity contribution in [3.8, 4) is 0 Å². The molecular formula is C17H13F3N4O. The zero-order valence-electron chi connectivity index (χ0n) is 12.9. The van der Waals surface area contributed by atoms with Crippen LogP contribution >= 0.6 is 0 Å². The molecule has 0 fully saturated rings. The molecule has 0 atom stereocenters. The Kier molecular flexibility index (Phi) is 3.60. The first-order valence-corrected chi connectivity index (χ1v) is 7.56. The fraction of sp³-hybridized carbons (Fsp3) is 0.176. The molecule has 0 aliphatic carbocycles. The van der Waals surface area contributed by atoms with Crippen LogP contribution in [0.2, 0.25) is 0 Å². The lowest BCUT2D eigenvalue weighted by Crippen LogP contribution is -2.40. The van der Waals surface area contributed by atoms with E-state index in [0.717, 1.165) is 10.9 Å². The summed E-state index contributed by atoms with van der Waals surface area (Å²) in [6.45, 7) is -0.0479. The van der Waals surface area contributed by atoms with Crippen molar-refractivity contribution < 1.29 is 18.0 Å². The summed E-state index contributed by atoms with van der Waals surface area (Å²) in [5.41, 5.74) is 2.13. The third-order valence-corrected chi connectivity index (χ3v) is 3.90. The number of hydrogen-bond donors (Lipinski definition) is 0. The maximum Gasteiger partial charge on any atom is 0.488 e. The summed E-state index contributed by atoms with van der Waals surface area (Å²) in [5.74, 6) is -0.245. The number of benzene rings is 2. The third kappa shape index (κ3) is 3.02. The molecule has 4 rings (SSSR count). The van der Waals surface area contributed by atoms with Gasteiger partial charge in [-0.25, -0.2) is 4.90 Å². The quantitative estimate of drug-likeness (QED) is 0.681. The summed E-state index contributed by atoms with van der Waals surface area (Å²) in [4.78, 5) is 4.79. The number of amidine groups is 1. The molecule has 0 amide bonds. The van der Waals surface area contributed by atoms with Crippen LogP contribution in [0.5, 0.6) is 0 Å². The summed E-state index contributed by atoms with van der Waals surface area (Å²) >= 11 is 0. The van der Waals surface area contributed by atoms with E-state index in [1.54, 1.807) is 29.1 Å².